The molecular weight excluding hydrogens is 405 g/mol. The van der Waals surface area contributed by atoms with Gasteiger partial charge in [0.2, 0.25) is 0 Å². The fourth-order valence-electron chi connectivity index (χ4n) is 3.60. The molecule has 0 bridgehead atoms. The van der Waals surface area contributed by atoms with Crippen LogP contribution >= 0.6 is 11.3 Å². The average Bonchev–Trinajstić information content (AvgIpc) is 3.44. The Morgan fingerprint density at radius 3 is 2.57 bits per heavy atom. The molecule has 6 nitrogen and oxygen atoms in total. The van der Waals surface area contributed by atoms with Crippen molar-refractivity contribution in [1.29, 1.82) is 0 Å². The van der Waals surface area contributed by atoms with Crippen LogP contribution in [0.15, 0.2) is 47.8 Å². The van der Waals surface area contributed by atoms with Crippen molar-refractivity contribution in [3.63, 3.8) is 0 Å². The molecule has 8 heteroatoms. The highest BCUT2D eigenvalue weighted by molar-refractivity contribution is 7.13. The SMILES string of the molecule is CCOC(=O)C1CCN(C(=O)c2cc(-c3cccs3)nn2-c2ccc(F)cc2)CC1. The minimum absolute atomic E-state index is 0.156. The number of benzene rings is 1. The number of ether oxygens (including phenoxy) is 1. The van der Waals surface area contributed by atoms with E-state index in [1.807, 2.05) is 17.5 Å². The van der Waals surface area contributed by atoms with Crippen molar-refractivity contribution >= 4 is 23.2 Å². The summed E-state index contributed by atoms with van der Waals surface area (Å²) in [5.41, 5.74) is 1.72. The quantitative estimate of drug-likeness (QED) is 0.574. The number of hydrogen-bond acceptors (Lipinski definition) is 5. The molecule has 3 aromatic rings. The Kier molecular flexibility index (Phi) is 5.94. The van der Waals surface area contributed by atoms with Crippen molar-refractivity contribution in [2.45, 2.75) is 19.8 Å². The Morgan fingerprint density at radius 1 is 1.20 bits per heavy atom. The van der Waals surface area contributed by atoms with Crippen LogP contribution in [-0.2, 0) is 9.53 Å². The van der Waals surface area contributed by atoms with Crippen LogP contribution < -0.4 is 0 Å². The van der Waals surface area contributed by atoms with E-state index in [2.05, 4.69) is 5.10 Å². The first kappa shape index (κ1) is 20.3. The van der Waals surface area contributed by atoms with Crippen LogP contribution in [-0.4, -0.2) is 46.3 Å². The van der Waals surface area contributed by atoms with E-state index in [4.69, 9.17) is 4.74 Å². The molecule has 1 aromatic carbocycles. The normalized spacial score (nSPS) is 14.7. The number of carbonyl (C=O) groups excluding carboxylic acids is 2. The summed E-state index contributed by atoms with van der Waals surface area (Å²) in [5, 5.41) is 6.57. The fraction of sp³-hybridized carbons (Fsp3) is 0.318. The number of hydrogen-bond donors (Lipinski definition) is 0. The summed E-state index contributed by atoms with van der Waals surface area (Å²) >= 11 is 1.54. The molecule has 1 aliphatic rings. The van der Waals surface area contributed by atoms with Crippen molar-refractivity contribution in [3.05, 3.63) is 59.4 Å². The number of aromatic nitrogens is 2. The molecule has 2 aromatic heterocycles. The zero-order valence-corrected chi connectivity index (χ0v) is 17.4. The molecule has 30 heavy (non-hydrogen) atoms. The summed E-state index contributed by atoms with van der Waals surface area (Å²) in [7, 11) is 0. The highest BCUT2D eigenvalue weighted by Crippen LogP contribution is 2.28. The van der Waals surface area contributed by atoms with Gasteiger partial charge in [0, 0.05) is 13.1 Å². The number of amides is 1. The van der Waals surface area contributed by atoms with Gasteiger partial charge in [-0.3, -0.25) is 9.59 Å². The standard InChI is InChI=1S/C22H22FN3O3S/c1-2-29-22(28)15-9-11-25(12-10-15)21(27)19-14-18(20-4-3-13-30-20)24-26(19)17-7-5-16(23)6-8-17/h3-8,13-15H,2,9-12H2,1H3. The second-order valence-corrected chi connectivity index (χ2v) is 8.05. The summed E-state index contributed by atoms with van der Waals surface area (Å²) in [6.45, 7) is 3.11. The van der Waals surface area contributed by atoms with Gasteiger partial charge < -0.3 is 9.64 Å². The third-order valence-electron chi connectivity index (χ3n) is 5.18. The number of piperidine rings is 1. The molecule has 0 atom stereocenters. The number of likely N-dealkylation sites (tertiary alicyclic amines) is 1. The third kappa shape index (κ3) is 4.14. The van der Waals surface area contributed by atoms with E-state index in [0.717, 1.165) is 4.88 Å². The van der Waals surface area contributed by atoms with Crippen molar-refractivity contribution in [2.24, 2.45) is 5.92 Å². The second kappa shape index (κ2) is 8.79. The van der Waals surface area contributed by atoms with Gasteiger partial charge in [0.25, 0.3) is 5.91 Å². The Bertz CT molecular complexity index is 1020. The lowest BCUT2D eigenvalue weighted by Crippen LogP contribution is -2.41. The maximum atomic E-state index is 13.4. The van der Waals surface area contributed by atoms with Gasteiger partial charge >= 0.3 is 5.97 Å². The van der Waals surface area contributed by atoms with Crippen LogP contribution in [0.5, 0.6) is 0 Å². The predicted molar refractivity (Wildman–Crippen MR) is 112 cm³/mol. The van der Waals surface area contributed by atoms with E-state index in [9.17, 15) is 14.0 Å². The molecule has 3 heterocycles. The molecule has 1 fully saturated rings. The van der Waals surface area contributed by atoms with Gasteiger partial charge in [-0.05, 0) is 61.5 Å². The maximum Gasteiger partial charge on any atom is 0.309 e. The molecule has 156 valence electrons. The average molecular weight is 428 g/mol. The van der Waals surface area contributed by atoms with Crippen molar-refractivity contribution in [3.8, 4) is 16.3 Å². The molecular formula is C22H22FN3O3S. The molecule has 0 spiro atoms. The van der Waals surface area contributed by atoms with Crippen molar-refractivity contribution < 1.29 is 18.7 Å². The van der Waals surface area contributed by atoms with E-state index in [1.165, 1.54) is 23.5 Å². The smallest absolute Gasteiger partial charge is 0.309 e. The van der Waals surface area contributed by atoms with Gasteiger partial charge in [0.1, 0.15) is 17.2 Å². The van der Waals surface area contributed by atoms with E-state index < -0.39 is 0 Å². The zero-order chi connectivity index (χ0) is 21.1. The Hall–Kier alpha value is -3.00. The molecule has 1 saturated heterocycles. The highest BCUT2D eigenvalue weighted by Gasteiger charge is 2.30. The second-order valence-electron chi connectivity index (χ2n) is 7.10. The predicted octanol–water partition coefficient (Wildman–Crippen LogP) is 4.16. The van der Waals surface area contributed by atoms with Crippen LogP contribution in [0.1, 0.15) is 30.3 Å². The summed E-state index contributed by atoms with van der Waals surface area (Å²) < 4.78 is 20.1. The number of carbonyl (C=O) groups is 2. The van der Waals surface area contributed by atoms with E-state index in [1.54, 1.807) is 34.7 Å². The first-order valence-corrected chi connectivity index (χ1v) is 10.8. The van der Waals surface area contributed by atoms with E-state index >= 15 is 0 Å². The summed E-state index contributed by atoms with van der Waals surface area (Å²) in [4.78, 5) is 28.0. The Balaban J connectivity index is 1.60. The molecule has 0 N–H and O–H groups in total. The lowest BCUT2D eigenvalue weighted by molar-refractivity contribution is -0.149. The first-order chi connectivity index (χ1) is 14.6. The van der Waals surface area contributed by atoms with Gasteiger partial charge in [0.05, 0.1) is 23.1 Å². The van der Waals surface area contributed by atoms with Gasteiger partial charge in [0.15, 0.2) is 0 Å². The van der Waals surface area contributed by atoms with E-state index in [0.29, 0.717) is 49.6 Å². The third-order valence-corrected chi connectivity index (χ3v) is 6.07. The minimum Gasteiger partial charge on any atom is -0.466 e. The number of rotatable bonds is 5. The van der Waals surface area contributed by atoms with Crippen molar-refractivity contribution in [2.75, 3.05) is 19.7 Å². The molecule has 0 saturated carbocycles. The van der Waals surface area contributed by atoms with Crippen molar-refractivity contribution in [1.82, 2.24) is 14.7 Å². The van der Waals surface area contributed by atoms with Gasteiger partial charge in [-0.1, -0.05) is 6.07 Å². The molecule has 4 rings (SSSR count). The van der Waals surface area contributed by atoms with Crippen LogP contribution in [0.3, 0.4) is 0 Å². The fourth-order valence-corrected chi connectivity index (χ4v) is 4.28. The highest BCUT2D eigenvalue weighted by atomic mass is 32.1. The maximum absolute atomic E-state index is 13.4. The first-order valence-electron chi connectivity index (χ1n) is 9.92. The minimum atomic E-state index is -0.349. The van der Waals surface area contributed by atoms with Crippen LogP contribution in [0.25, 0.3) is 16.3 Å². The summed E-state index contributed by atoms with van der Waals surface area (Å²) in [5.74, 6) is -0.867. The molecule has 1 aliphatic heterocycles. The number of halogens is 1. The monoisotopic (exact) mass is 427 g/mol. The summed E-state index contributed by atoms with van der Waals surface area (Å²) in [6.07, 6.45) is 1.15. The van der Waals surface area contributed by atoms with Gasteiger partial charge in [-0.15, -0.1) is 11.3 Å². The number of nitrogens with zero attached hydrogens (tertiary/aromatic N) is 3. The molecule has 0 radical (unpaired) electrons. The number of esters is 1. The lowest BCUT2D eigenvalue weighted by atomic mass is 9.97. The topological polar surface area (TPSA) is 64.4 Å². The van der Waals surface area contributed by atoms with Crippen LogP contribution in [0.2, 0.25) is 0 Å². The summed E-state index contributed by atoms with van der Waals surface area (Å²) in [6, 6.07) is 11.5. The Labute approximate surface area is 177 Å². The zero-order valence-electron chi connectivity index (χ0n) is 16.6. The lowest BCUT2D eigenvalue weighted by Gasteiger charge is -2.30. The van der Waals surface area contributed by atoms with Crippen LogP contribution in [0, 0.1) is 11.7 Å². The largest absolute Gasteiger partial charge is 0.466 e. The molecule has 0 unspecified atom stereocenters. The van der Waals surface area contributed by atoms with Gasteiger partial charge in [-0.2, -0.15) is 5.10 Å². The van der Waals surface area contributed by atoms with Gasteiger partial charge in [-0.25, -0.2) is 9.07 Å². The van der Waals surface area contributed by atoms with E-state index in [-0.39, 0.29) is 23.6 Å². The van der Waals surface area contributed by atoms with Crippen LogP contribution in [0.4, 0.5) is 4.39 Å². The molecule has 1 amide bonds. The number of thiophene rings is 1. The molecule has 0 aliphatic carbocycles. The Morgan fingerprint density at radius 2 is 1.93 bits per heavy atom.